The van der Waals surface area contributed by atoms with Gasteiger partial charge in [0.25, 0.3) is 0 Å². The van der Waals surface area contributed by atoms with Gasteiger partial charge in [-0.25, -0.2) is 0 Å². The highest BCUT2D eigenvalue weighted by atomic mass is 14.8. The normalized spacial score (nSPS) is 22.4. The highest BCUT2D eigenvalue weighted by molar-refractivity contribution is 5.86. The third-order valence-corrected chi connectivity index (χ3v) is 7.35. The molecule has 0 radical (unpaired) electrons. The molecule has 1 aromatic rings. The van der Waals surface area contributed by atoms with Gasteiger partial charge in [-0.2, -0.15) is 0 Å². The van der Waals surface area contributed by atoms with E-state index >= 15 is 0 Å². The zero-order valence-electron chi connectivity index (χ0n) is 22.1. The Bertz CT molecular complexity index is 874. The summed E-state index contributed by atoms with van der Waals surface area (Å²) in [5.74, 6) is 1.29. The first kappa shape index (κ1) is 26.4. The van der Waals surface area contributed by atoms with Gasteiger partial charge in [0.1, 0.15) is 0 Å². The summed E-state index contributed by atoms with van der Waals surface area (Å²) in [7, 11) is 0. The van der Waals surface area contributed by atoms with Crippen LogP contribution in [0.4, 0.5) is 0 Å². The number of nitrogens with one attached hydrogen (secondary N) is 1. The van der Waals surface area contributed by atoms with Crippen molar-refractivity contribution in [2.24, 2.45) is 17.3 Å². The molecule has 0 aromatic heterocycles. The second-order valence-electron chi connectivity index (χ2n) is 9.79. The van der Waals surface area contributed by atoms with E-state index in [-0.39, 0.29) is 0 Å². The molecule has 2 atom stereocenters. The van der Waals surface area contributed by atoms with Gasteiger partial charge in [-0.1, -0.05) is 104 Å². The third-order valence-electron chi connectivity index (χ3n) is 7.35. The number of aryl methyl sites for hydroxylation is 1. The summed E-state index contributed by atoms with van der Waals surface area (Å²) in [4.78, 5) is 0. The lowest BCUT2D eigenvalue weighted by atomic mass is 9.74. The molecule has 1 heteroatoms. The number of hydrogen-bond donors (Lipinski definition) is 1. The average Bonchev–Trinajstić information content (AvgIpc) is 3.30. The second-order valence-corrected chi connectivity index (χ2v) is 9.79. The molecule has 4 rings (SSSR count). The van der Waals surface area contributed by atoms with Crippen LogP contribution >= 0.6 is 0 Å². The van der Waals surface area contributed by atoms with Crippen molar-refractivity contribution in [2.45, 2.75) is 81.1 Å². The van der Waals surface area contributed by atoms with Crippen molar-refractivity contribution >= 4 is 5.57 Å². The van der Waals surface area contributed by atoms with E-state index in [1.54, 1.807) is 5.57 Å². The Morgan fingerprint density at radius 3 is 2.41 bits per heavy atom. The summed E-state index contributed by atoms with van der Waals surface area (Å²) < 4.78 is 0. The fourth-order valence-electron chi connectivity index (χ4n) is 5.22. The van der Waals surface area contributed by atoms with Crippen LogP contribution in [0.25, 0.3) is 5.57 Å². The zero-order chi connectivity index (χ0) is 23.9. The maximum atomic E-state index is 4.48. The first-order valence-electron chi connectivity index (χ1n) is 13.0. The number of fused-ring (bicyclic) bond motifs is 2. The maximum Gasteiger partial charge on any atom is 0.00883 e. The van der Waals surface area contributed by atoms with E-state index in [2.05, 4.69) is 89.9 Å². The van der Waals surface area contributed by atoms with E-state index in [0.29, 0.717) is 17.3 Å². The lowest BCUT2D eigenvalue weighted by Crippen LogP contribution is -2.21. The van der Waals surface area contributed by atoms with Gasteiger partial charge in [-0.05, 0) is 83.5 Å². The van der Waals surface area contributed by atoms with Gasteiger partial charge in [-0.3, -0.25) is 0 Å². The summed E-state index contributed by atoms with van der Waals surface area (Å²) in [5, 5.41) is 3.20. The number of rotatable bonds is 5. The van der Waals surface area contributed by atoms with Crippen LogP contribution in [0, 0.1) is 17.3 Å². The van der Waals surface area contributed by atoms with Gasteiger partial charge < -0.3 is 5.32 Å². The second kappa shape index (κ2) is 11.8. The molecule has 176 valence electrons. The van der Waals surface area contributed by atoms with Gasteiger partial charge in [0.15, 0.2) is 0 Å². The van der Waals surface area contributed by atoms with Gasteiger partial charge >= 0.3 is 0 Å². The van der Waals surface area contributed by atoms with Crippen molar-refractivity contribution in [3.63, 3.8) is 0 Å². The summed E-state index contributed by atoms with van der Waals surface area (Å²) in [6, 6.07) is 6.91. The van der Waals surface area contributed by atoms with Gasteiger partial charge in [-0.15, -0.1) is 0 Å². The molecule has 1 N–H and O–H groups in total. The fourth-order valence-corrected chi connectivity index (χ4v) is 5.22. The molecule has 3 aliphatic carbocycles. The molecule has 1 fully saturated rings. The van der Waals surface area contributed by atoms with Crippen molar-refractivity contribution in [2.75, 3.05) is 13.1 Å². The van der Waals surface area contributed by atoms with E-state index < -0.39 is 0 Å². The van der Waals surface area contributed by atoms with Crippen LogP contribution < -0.4 is 5.32 Å². The van der Waals surface area contributed by atoms with Crippen molar-refractivity contribution in [3.8, 4) is 0 Å². The molecule has 3 aliphatic rings. The zero-order valence-corrected chi connectivity index (χ0v) is 22.1. The van der Waals surface area contributed by atoms with Crippen molar-refractivity contribution in [1.82, 2.24) is 5.32 Å². The van der Waals surface area contributed by atoms with E-state index in [4.69, 9.17) is 0 Å². The average molecular weight is 434 g/mol. The van der Waals surface area contributed by atoms with Gasteiger partial charge in [0.2, 0.25) is 0 Å². The van der Waals surface area contributed by atoms with E-state index in [0.717, 1.165) is 25.9 Å². The molecule has 1 saturated carbocycles. The molecular formula is C31H47N. The summed E-state index contributed by atoms with van der Waals surface area (Å²) in [6.07, 6.45) is 11.8. The summed E-state index contributed by atoms with van der Waals surface area (Å²) in [6.45, 7) is 24.5. The van der Waals surface area contributed by atoms with Crippen LogP contribution in [0.3, 0.4) is 0 Å². The molecule has 0 saturated heterocycles. The van der Waals surface area contributed by atoms with Crippen LogP contribution in [0.1, 0.15) is 84.9 Å². The predicted octanol–water partition coefficient (Wildman–Crippen LogP) is 8.33. The molecule has 0 aliphatic heterocycles. The van der Waals surface area contributed by atoms with Crippen molar-refractivity contribution < 1.29 is 0 Å². The Balaban J connectivity index is 0.000000396. The monoisotopic (exact) mass is 433 g/mol. The third kappa shape index (κ3) is 5.54. The Hall–Kier alpha value is -1.86. The predicted molar refractivity (Wildman–Crippen MR) is 144 cm³/mol. The Morgan fingerprint density at radius 2 is 1.81 bits per heavy atom. The molecule has 1 nitrogen and oxygen atoms in total. The van der Waals surface area contributed by atoms with Crippen molar-refractivity contribution in [3.05, 3.63) is 76.4 Å². The topological polar surface area (TPSA) is 12.0 Å². The van der Waals surface area contributed by atoms with Gasteiger partial charge in [0.05, 0.1) is 0 Å². The Kier molecular flexibility index (Phi) is 9.77. The highest BCUT2D eigenvalue weighted by Gasteiger charge is 2.45. The first-order chi connectivity index (χ1) is 15.3. The minimum Gasteiger partial charge on any atom is -0.317 e. The highest BCUT2D eigenvalue weighted by Crippen LogP contribution is 2.56. The van der Waals surface area contributed by atoms with Crippen LogP contribution in [-0.4, -0.2) is 13.1 Å². The van der Waals surface area contributed by atoms with E-state index in [1.165, 1.54) is 46.3 Å². The van der Waals surface area contributed by atoms with Crippen molar-refractivity contribution in [1.29, 1.82) is 0 Å². The van der Waals surface area contributed by atoms with E-state index in [1.807, 2.05) is 13.8 Å². The van der Waals surface area contributed by atoms with E-state index in [9.17, 15) is 0 Å². The maximum absolute atomic E-state index is 4.48. The molecule has 32 heavy (non-hydrogen) atoms. The largest absolute Gasteiger partial charge is 0.317 e. The first-order valence-corrected chi connectivity index (χ1v) is 13.0. The summed E-state index contributed by atoms with van der Waals surface area (Å²) in [5.41, 5.74) is 10.4. The minimum atomic E-state index is 0.403. The van der Waals surface area contributed by atoms with Crippen LogP contribution in [-0.2, 0) is 12.8 Å². The van der Waals surface area contributed by atoms with Crippen LogP contribution in [0.2, 0.25) is 0 Å². The fraction of sp³-hybridized carbons (Fsp3) is 0.548. The Labute approximate surface area is 198 Å². The quantitative estimate of drug-likeness (QED) is 0.460. The molecule has 2 unspecified atom stereocenters. The molecular weight excluding hydrogens is 386 g/mol. The smallest absolute Gasteiger partial charge is 0.00883 e. The lowest BCUT2D eigenvalue weighted by molar-refractivity contribution is 0.255. The molecule has 1 aromatic carbocycles. The number of allylic oxidation sites excluding steroid dienone is 7. The number of hydrogen-bond acceptors (Lipinski definition) is 1. The SMILES string of the molecule is C=C1C(C2=CC=C3CC(C)(C)C(C)C32)=CCc2cc(CC)ccc21.CC.CCCNCC. The molecule has 0 heterocycles. The van der Waals surface area contributed by atoms with Gasteiger partial charge in [0, 0.05) is 5.92 Å². The van der Waals surface area contributed by atoms with Crippen LogP contribution in [0.5, 0.6) is 0 Å². The standard InChI is InChI=1S/C24H28.C5H13N.C2H6/c1-6-17-7-10-20-15(2)21(11-8-18(20)13-17)22-12-9-19-14-24(4,5)16(3)23(19)22;1-3-5-6-4-2;1-2/h7,9-13,16,23H,2,6,8,14H2,1,3-5H3;6H,3-5H2,1-2H3;1-2H3. The molecule has 0 spiro atoms. The number of benzene rings is 1. The molecule has 0 amide bonds. The Morgan fingerprint density at radius 1 is 1.09 bits per heavy atom. The minimum absolute atomic E-state index is 0.403. The van der Waals surface area contributed by atoms with Crippen LogP contribution in [0.15, 0.2) is 59.7 Å². The molecule has 0 bridgehead atoms. The summed E-state index contributed by atoms with van der Waals surface area (Å²) >= 11 is 0. The lowest BCUT2D eigenvalue weighted by Gasteiger charge is -2.30.